The Labute approximate surface area is 127 Å². The van der Waals surface area contributed by atoms with E-state index in [9.17, 15) is 14.4 Å². The molecule has 1 aromatic rings. The van der Waals surface area contributed by atoms with Crippen molar-refractivity contribution in [2.24, 2.45) is 0 Å². The first-order chi connectivity index (χ1) is 10.5. The molecule has 0 bridgehead atoms. The number of aliphatic carboxylic acids is 1. The largest absolute Gasteiger partial charge is 0.480 e. The number of carbonyl (C=O) groups is 3. The van der Waals surface area contributed by atoms with Gasteiger partial charge in [-0.15, -0.1) is 0 Å². The molecule has 1 unspecified atom stereocenters. The van der Waals surface area contributed by atoms with Gasteiger partial charge in [0.2, 0.25) is 11.8 Å². The summed E-state index contributed by atoms with van der Waals surface area (Å²) in [5.41, 5.74) is 1.70. The molecule has 1 aliphatic rings. The smallest absolute Gasteiger partial charge is 0.328 e. The number of ether oxygens (including phenoxy) is 1. The number of aryl methyl sites for hydroxylation is 1. The van der Waals surface area contributed by atoms with E-state index in [1.807, 2.05) is 12.1 Å². The number of amides is 2. The zero-order valence-electron chi connectivity index (χ0n) is 12.2. The van der Waals surface area contributed by atoms with Crippen LogP contribution in [0.2, 0.25) is 0 Å². The van der Waals surface area contributed by atoms with Crippen LogP contribution in [-0.4, -0.2) is 49.2 Å². The fourth-order valence-corrected chi connectivity index (χ4v) is 2.39. The number of carboxylic acid groups (broad SMARTS) is 1. The van der Waals surface area contributed by atoms with Gasteiger partial charge >= 0.3 is 5.97 Å². The van der Waals surface area contributed by atoms with Gasteiger partial charge in [-0.1, -0.05) is 18.2 Å². The van der Waals surface area contributed by atoms with Crippen LogP contribution in [0.4, 0.5) is 5.69 Å². The summed E-state index contributed by atoms with van der Waals surface area (Å²) in [5.74, 6) is -1.86. The number of para-hydroxylation sites is 1. The van der Waals surface area contributed by atoms with Gasteiger partial charge in [-0.2, -0.15) is 0 Å². The molecule has 0 saturated carbocycles. The molecule has 7 nitrogen and oxygen atoms in total. The van der Waals surface area contributed by atoms with E-state index in [1.54, 1.807) is 12.1 Å². The fourth-order valence-electron chi connectivity index (χ4n) is 2.39. The summed E-state index contributed by atoms with van der Waals surface area (Å²) in [6, 6.07) is 6.24. The Kier molecular flexibility index (Phi) is 5.11. The molecule has 22 heavy (non-hydrogen) atoms. The third kappa shape index (κ3) is 3.62. The number of nitrogens with one attached hydrogen (secondary N) is 1. The van der Waals surface area contributed by atoms with Gasteiger partial charge in [0.1, 0.15) is 6.54 Å². The van der Waals surface area contributed by atoms with Crippen molar-refractivity contribution in [3.63, 3.8) is 0 Å². The summed E-state index contributed by atoms with van der Waals surface area (Å²) in [7, 11) is 1.35. The van der Waals surface area contributed by atoms with Gasteiger partial charge < -0.3 is 20.1 Å². The van der Waals surface area contributed by atoms with E-state index in [2.05, 4.69) is 5.32 Å². The average molecular weight is 306 g/mol. The van der Waals surface area contributed by atoms with Gasteiger partial charge in [-0.05, 0) is 18.1 Å². The van der Waals surface area contributed by atoms with Crippen LogP contribution >= 0.6 is 0 Å². The minimum absolute atomic E-state index is 0.133. The third-order valence-electron chi connectivity index (χ3n) is 3.46. The number of rotatable bonds is 6. The average Bonchev–Trinajstić information content (AvgIpc) is 2.49. The molecular formula is C15H18N2O5. The Morgan fingerprint density at radius 2 is 2.09 bits per heavy atom. The number of hydrogen-bond acceptors (Lipinski definition) is 4. The summed E-state index contributed by atoms with van der Waals surface area (Å²) in [6.45, 7) is -0.338. The van der Waals surface area contributed by atoms with Crippen LogP contribution in [0.5, 0.6) is 0 Å². The number of carboxylic acids is 1. The van der Waals surface area contributed by atoms with E-state index in [-0.39, 0.29) is 19.1 Å². The Hall–Kier alpha value is -2.41. The molecule has 0 fully saturated rings. The number of benzene rings is 1. The van der Waals surface area contributed by atoms with Crippen molar-refractivity contribution in [1.82, 2.24) is 5.32 Å². The molecule has 0 aromatic heterocycles. The normalized spacial score (nSPS) is 15.1. The van der Waals surface area contributed by atoms with Crippen LogP contribution in [0.25, 0.3) is 0 Å². The Morgan fingerprint density at radius 3 is 2.77 bits per heavy atom. The minimum atomic E-state index is -1.18. The second-order valence-corrected chi connectivity index (χ2v) is 5.02. The summed E-state index contributed by atoms with van der Waals surface area (Å²) in [5, 5.41) is 11.4. The van der Waals surface area contributed by atoms with Crippen molar-refractivity contribution in [3.05, 3.63) is 29.8 Å². The minimum Gasteiger partial charge on any atom is -0.480 e. The van der Waals surface area contributed by atoms with Crippen molar-refractivity contribution < 1.29 is 24.2 Å². The number of anilines is 1. The highest BCUT2D eigenvalue weighted by atomic mass is 16.5. The highest BCUT2D eigenvalue weighted by Crippen LogP contribution is 2.26. The summed E-state index contributed by atoms with van der Waals surface area (Å²) >= 11 is 0. The lowest BCUT2D eigenvalue weighted by molar-refractivity contribution is -0.143. The summed E-state index contributed by atoms with van der Waals surface area (Å²) in [4.78, 5) is 36.5. The van der Waals surface area contributed by atoms with E-state index >= 15 is 0 Å². The Balaban J connectivity index is 2.08. The van der Waals surface area contributed by atoms with Crippen LogP contribution in [0, 0.1) is 0 Å². The molecule has 7 heteroatoms. The molecule has 2 amide bonds. The van der Waals surface area contributed by atoms with Gasteiger partial charge in [-0.25, -0.2) is 4.79 Å². The van der Waals surface area contributed by atoms with Crippen molar-refractivity contribution in [2.45, 2.75) is 18.9 Å². The summed E-state index contributed by atoms with van der Waals surface area (Å²) in [6.07, 6.45) is 0.985. The van der Waals surface area contributed by atoms with E-state index in [1.165, 1.54) is 12.0 Å². The molecule has 1 aliphatic heterocycles. The zero-order chi connectivity index (χ0) is 16.1. The monoisotopic (exact) mass is 306 g/mol. The second kappa shape index (κ2) is 7.04. The van der Waals surface area contributed by atoms with E-state index in [0.717, 1.165) is 5.56 Å². The van der Waals surface area contributed by atoms with Crippen molar-refractivity contribution in [2.75, 3.05) is 25.2 Å². The van der Waals surface area contributed by atoms with Gasteiger partial charge in [0.25, 0.3) is 0 Å². The molecule has 1 atom stereocenters. The lowest BCUT2D eigenvalue weighted by Crippen LogP contribution is -2.49. The molecule has 2 rings (SSSR count). The maximum absolute atomic E-state index is 12.0. The number of fused-ring (bicyclic) bond motifs is 1. The first kappa shape index (κ1) is 16.0. The SMILES string of the molecule is COCC(NC(=O)CN1C(=O)CCc2ccccc21)C(=O)O. The molecule has 0 saturated heterocycles. The fraction of sp³-hybridized carbons (Fsp3) is 0.400. The van der Waals surface area contributed by atoms with Crippen LogP contribution in [0.1, 0.15) is 12.0 Å². The number of carbonyl (C=O) groups excluding carboxylic acids is 2. The third-order valence-corrected chi connectivity index (χ3v) is 3.46. The predicted octanol–water partition coefficient (Wildman–Crippen LogP) is 0.182. The van der Waals surface area contributed by atoms with Gasteiger partial charge in [-0.3, -0.25) is 9.59 Å². The Bertz CT molecular complexity index is 587. The van der Waals surface area contributed by atoms with Gasteiger partial charge in [0.05, 0.1) is 6.61 Å². The maximum atomic E-state index is 12.0. The quantitative estimate of drug-likeness (QED) is 0.781. The van der Waals surface area contributed by atoms with Crippen LogP contribution in [0.3, 0.4) is 0 Å². The van der Waals surface area contributed by atoms with Crippen LogP contribution in [-0.2, 0) is 25.5 Å². The lowest BCUT2D eigenvalue weighted by atomic mass is 10.0. The first-order valence-corrected chi connectivity index (χ1v) is 6.92. The number of methoxy groups -OCH3 is 1. The standard InChI is InChI=1S/C15H18N2O5/c1-22-9-11(15(20)21)16-13(18)8-17-12-5-3-2-4-10(12)6-7-14(17)19/h2-5,11H,6-9H2,1H3,(H,16,18)(H,20,21). The molecule has 0 radical (unpaired) electrons. The highest BCUT2D eigenvalue weighted by molar-refractivity contribution is 6.01. The van der Waals surface area contributed by atoms with Gasteiger partial charge in [0, 0.05) is 19.2 Å². The van der Waals surface area contributed by atoms with Crippen molar-refractivity contribution in [3.8, 4) is 0 Å². The maximum Gasteiger partial charge on any atom is 0.328 e. The topological polar surface area (TPSA) is 95.9 Å². The second-order valence-electron chi connectivity index (χ2n) is 5.02. The van der Waals surface area contributed by atoms with Crippen LogP contribution in [0.15, 0.2) is 24.3 Å². The van der Waals surface area contributed by atoms with E-state index < -0.39 is 17.9 Å². The molecule has 2 N–H and O–H groups in total. The molecule has 1 aromatic carbocycles. The Morgan fingerprint density at radius 1 is 1.36 bits per heavy atom. The summed E-state index contributed by atoms with van der Waals surface area (Å²) < 4.78 is 4.76. The van der Waals surface area contributed by atoms with Crippen molar-refractivity contribution in [1.29, 1.82) is 0 Å². The molecule has 1 heterocycles. The lowest BCUT2D eigenvalue weighted by Gasteiger charge is -2.29. The molecule has 0 aliphatic carbocycles. The molecule has 118 valence electrons. The first-order valence-electron chi connectivity index (χ1n) is 6.92. The van der Waals surface area contributed by atoms with E-state index in [0.29, 0.717) is 18.5 Å². The molecular weight excluding hydrogens is 288 g/mol. The highest BCUT2D eigenvalue weighted by Gasteiger charge is 2.27. The number of nitrogens with zero attached hydrogens (tertiary/aromatic N) is 1. The van der Waals surface area contributed by atoms with Crippen molar-refractivity contribution >= 4 is 23.5 Å². The van der Waals surface area contributed by atoms with Gasteiger partial charge in [0.15, 0.2) is 6.04 Å². The predicted molar refractivity (Wildman–Crippen MR) is 78.6 cm³/mol. The van der Waals surface area contributed by atoms with E-state index in [4.69, 9.17) is 9.84 Å². The molecule has 0 spiro atoms. The zero-order valence-corrected chi connectivity index (χ0v) is 12.2. The number of hydrogen-bond donors (Lipinski definition) is 2. The van der Waals surface area contributed by atoms with Crippen LogP contribution < -0.4 is 10.2 Å².